The molecule has 0 unspecified atom stereocenters. The third kappa shape index (κ3) is 6.32. The number of hydrogen-bond acceptors (Lipinski definition) is 3. The van der Waals surface area contributed by atoms with Crippen LogP contribution in [0.2, 0.25) is 0 Å². The van der Waals surface area contributed by atoms with Crippen molar-refractivity contribution < 1.29 is 24.7 Å². The van der Waals surface area contributed by atoms with Crippen LogP contribution in [0.5, 0.6) is 0 Å². The number of fused-ring (bicyclic) bond motifs is 1. The van der Waals surface area contributed by atoms with Crippen molar-refractivity contribution in [3.05, 3.63) is 183 Å². The molecule has 1 aliphatic heterocycles. The monoisotopic (exact) mass is 740 g/mol. The minimum absolute atomic E-state index is 0. The normalized spacial score (nSPS) is 12.4. The fraction of sp³-hybridized carbons (Fsp3) is 0. The average molecular weight is 740 g/mol. The molecule has 6 aromatic rings. The van der Waals surface area contributed by atoms with Crippen LogP contribution in [0.3, 0.4) is 0 Å². The molecule has 1 heterocycles. The van der Waals surface area contributed by atoms with E-state index in [2.05, 4.69) is 29.2 Å². The van der Waals surface area contributed by atoms with E-state index in [9.17, 15) is 4.57 Å². The Bertz CT molecular complexity index is 1700. The van der Waals surface area contributed by atoms with Gasteiger partial charge in [-0.3, -0.25) is 0 Å². The molecule has 0 spiro atoms. The van der Waals surface area contributed by atoms with Gasteiger partial charge in [0, 0.05) is 16.3 Å². The van der Waals surface area contributed by atoms with Gasteiger partial charge in [-0.2, -0.15) is 48.5 Å². The largest absolute Gasteiger partial charge is 3.00 e. The van der Waals surface area contributed by atoms with Gasteiger partial charge in [0.2, 0.25) is 0 Å². The van der Waals surface area contributed by atoms with Crippen molar-refractivity contribution in [2.24, 2.45) is 0 Å². The van der Waals surface area contributed by atoms with Gasteiger partial charge >= 0.3 is 20.1 Å². The number of para-hydroxylation sites is 2. The van der Waals surface area contributed by atoms with E-state index < -0.39 is 7.14 Å². The molecule has 0 saturated carbocycles. The first-order chi connectivity index (χ1) is 20.2. The van der Waals surface area contributed by atoms with E-state index in [0.29, 0.717) is 0 Å². The van der Waals surface area contributed by atoms with Gasteiger partial charge in [0.05, 0.1) is 0 Å². The molecule has 206 valence electrons. The first-order valence-corrected chi connectivity index (χ1v) is 15.2. The van der Waals surface area contributed by atoms with Gasteiger partial charge in [-0.1, -0.05) is 102 Å². The topological polar surface area (TPSA) is 23.6 Å². The molecule has 0 radical (unpaired) electrons. The zero-order chi connectivity index (χ0) is 27.9. The van der Waals surface area contributed by atoms with Crippen LogP contribution in [0.4, 0.5) is 11.4 Å². The SMILES string of the molecule is O=P(c1[c-]cc2ccccc2c1)(c1ccccc1)c1ccccc1.[Ir+3].[c-]1ccccc1N1C=CN(c2ccccc2)[CH-]1. The molecule has 42 heavy (non-hydrogen) atoms. The maximum atomic E-state index is 14.2. The number of benzene rings is 6. The molecule has 6 aromatic carbocycles. The van der Waals surface area contributed by atoms with Crippen LogP contribution >= 0.6 is 7.14 Å². The van der Waals surface area contributed by atoms with E-state index in [1.807, 2.05) is 163 Å². The van der Waals surface area contributed by atoms with E-state index in [0.717, 1.165) is 38.1 Å². The van der Waals surface area contributed by atoms with Crippen molar-refractivity contribution in [3.63, 3.8) is 0 Å². The Hall–Kier alpha value is -4.20. The van der Waals surface area contributed by atoms with Crippen molar-refractivity contribution >= 4 is 45.2 Å². The van der Waals surface area contributed by atoms with Crippen molar-refractivity contribution in [3.8, 4) is 0 Å². The molecule has 0 aromatic heterocycles. The van der Waals surface area contributed by atoms with Crippen LogP contribution in [-0.2, 0) is 24.7 Å². The molecule has 3 nitrogen and oxygen atoms in total. The summed E-state index contributed by atoms with van der Waals surface area (Å²) in [4.78, 5) is 4.13. The van der Waals surface area contributed by atoms with Gasteiger partial charge < -0.3 is 14.4 Å². The van der Waals surface area contributed by atoms with Crippen molar-refractivity contribution in [2.75, 3.05) is 9.80 Å². The van der Waals surface area contributed by atoms with E-state index in [1.165, 1.54) is 0 Å². The predicted octanol–water partition coefficient (Wildman–Crippen LogP) is 7.68. The number of rotatable bonds is 5. The number of anilines is 2. The third-order valence-corrected chi connectivity index (χ3v) is 9.89. The maximum Gasteiger partial charge on any atom is 3.00 e. The zero-order valence-electron chi connectivity index (χ0n) is 22.7. The van der Waals surface area contributed by atoms with Crippen molar-refractivity contribution in [2.45, 2.75) is 0 Å². The number of nitrogens with zero attached hydrogens (tertiary/aromatic N) is 2. The Kier molecular flexibility index (Phi) is 9.52. The standard InChI is InChI=1S/C22H16OP.C15H12N2.Ir/c23-24(20-11-3-1-4-12-20,21-13-5-2-6-14-21)22-16-15-18-9-7-8-10-19(18)17-22;1-3-7-14(8-4-1)16-11-12-17(13-16)15-9-5-2-6-10-15;/h1-15,17H;1-9,11-13H;/q-1;-2;+3. The van der Waals surface area contributed by atoms with Crippen LogP contribution < -0.4 is 25.7 Å². The van der Waals surface area contributed by atoms with E-state index in [4.69, 9.17) is 0 Å². The maximum absolute atomic E-state index is 14.2. The summed E-state index contributed by atoms with van der Waals surface area (Å²) in [6.07, 6.45) is 4.06. The molecular weight excluding hydrogens is 712 g/mol. The second-order valence-electron chi connectivity index (χ2n) is 9.54. The molecule has 1 aliphatic rings. The average Bonchev–Trinajstić information content (AvgIpc) is 3.57. The fourth-order valence-corrected chi connectivity index (χ4v) is 7.40. The van der Waals surface area contributed by atoms with Crippen LogP contribution in [0.25, 0.3) is 10.8 Å². The Morgan fingerprint density at radius 2 is 1.12 bits per heavy atom. The van der Waals surface area contributed by atoms with Gasteiger partial charge in [-0.25, -0.2) is 0 Å². The molecule has 0 fully saturated rings. The summed E-state index contributed by atoms with van der Waals surface area (Å²) in [6.45, 7) is 2.04. The summed E-state index contributed by atoms with van der Waals surface area (Å²) >= 11 is 0. The van der Waals surface area contributed by atoms with E-state index >= 15 is 0 Å². The molecule has 0 atom stereocenters. The predicted molar refractivity (Wildman–Crippen MR) is 172 cm³/mol. The minimum atomic E-state index is -2.94. The van der Waals surface area contributed by atoms with Crippen LogP contribution in [0.1, 0.15) is 0 Å². The van der Waals surface area contributed by atoms with Crippen molar-refractivity contribution in [1.82, 2.24) is 0 Å². The summed E-state index contributed by atoms with van der Waals surface area (Å²) in [6, 6.07) is 56.1. The van der Waals surface area contributed by atoms with Crippen LogP contribution in [0.15, 0.2) is 164 Å². The van der Waals surface area contributed by atoms with Gasteiger partial charge in [0.1, 0.15) is 7.14 Å². The molecule has 0 N–H and O–H groups in total. The summed E-state index contributed by atoms with van der Waals surface area (Å²) in [5.41, 5.74) is 2.20. The molecule has 5 heteroatoms. The van der Waals surface area contributed by atoms with E-state index in [-0.39, 0.29) is 20.1 Å². The minimum Gasteiger partial charge on any atom is -0.500 e. The molecule has 0 saturated heterocycles. The van der Waals surface area contributed by atoms with E-state index in [1.54, 1.807) is 0 Å². The zero-order valence-corrected chi connectivity index (χ0v) is 26.0. The quantitative estimate of drug-likeness (QED) is 0.134. The Morgan fingerprint density at radius 3 is 1.74 bits per heavy atom. The second kappa shape index (κ2) is 13.6. The summed E-state index contributed by atoms with van der Waals surface area (Å²) in [5.74, 6) is 0. The van der Waals surface area contributed by atoms with Gasteiger partial charge in [0.15, 0.2) is 0 Å². The molecule has 0 amide bonds. The summed E-state index contributed by atoms with van der Waals surface area (Å²) < 4.78 is 14.2. The molecular formula is C37H28IrN2OP. The fourth-order valence-electron chi connectivity index (χ4n) is 4.79. The third-order valence-electron chi connectivity index (χ3n) is 6.90. The molecule has 7 rings (SSSR count). The Morgan fingerprint density at radius 1 is 0.571 bits per heavy atom. The van der Waals surface area contributed by atoms with Gasteiger partial charge in [0.25, 0.3) is 0 Å². The molecule has 0 aliphatic carbocycles. The smallest absolute Gasteiger partial charge is 0.500 e. The van der Waals surface area contributed by atoms with Crippen LogP contribution in [0, 0.1) is 18.8 Å². The molecule has 0 bridgehead atoms. The van der Waals surface area contributed by atoms with Crippen molar-refractivity contribution in [1.29, 1.82) is 0 Å². The summed E-state index contributed by atoms with van der Waals surface area (Å²) in [5, 5.41) is 4.61. The van der Waals surface area contributed by atoms with Gasteiger partial charge in [-0.15, -0.1) is 29.2 Å². The second-order valence-corrected chi connectivity index (χ2v) is 12.3. The first kappa shape index (κ1) is 29.3. The Labute approximate surface area is 261 Å². The van der Waals surface area contributed by atoms with Gasteiger partial charge in [-0.05, 0) is 24.5 Å². The number of hydrogen-bond donors (Lipinski definition) is 0. The summed E-state index contributed by atoms with van der Waals surface area (Å²) in [7, 11) is -2.94. The van der Waals surface area contributed by atoms with Crippen LogP contribution in [-0.4, -0.2) is 0 Å². The Balaban J connectivity index is 0.000000173. The first-order valence-electron chi connectivity index (χ1n) is 13.5.